The van der Waals surface area contributed by atoms with E-state index in [4.69, 9.17) is 0 Å². The summed E-state index contributed by atoms with van der Waals surface area (Å²) in [6, 6.07) is 19.3. The van der Waals surface area contributed by atoms with Crippen molar-refractivity contribution in [1.29, 1.82) is 0 Å². The number of anilines is 2. The Hall–Kier alpha value is -4.07. The summed E-state index contributed by atoms with van der Waals surface area (Å²) in [5, 5.41) is 10.5. The quantitative estimate of drug-likeness (QED) is 0.505. The maximum atomic E-state index is 13.0. The largest absolute Gasteiger partial charge is 0.341 e. The second-order valence-corrected chi connectivity index (χ2v) is 7.72. The second-order valence-electron chi connectivity index (χ2n) is 7.72. The zero-order valence-corrected chi connectivity index (χ0v) is 17.5. The van der Waals surface area contributed by atoms with E-state index in [2.05, 4.69) is 35.4 Å². The number of carbonyl (C=O) groups excluding carboxylic acids is 1. The van der Waals surface area contributed by atoms with Gasteiger partial charge in [0, 0.05) is 42.5 Å². The monoisotopic (exact) mass is 425 g/mol. The zero-order chi connectivity index (χ0) is 21.8. The predicted octanol–water partition coefficient (Wildman–Crippen LogP) is 3.78. The lowest BCUT2D eigenvalue weighted by Gasteiger charge is -2.31. The van der Waals surface area contributed by atoms with E-state index in [1.807, 2.05) is 54.6 Å². The number of aromatic amines is 1. The van der Waals surface area contributed by atoms with Crippen LogP contribution in [0.3, 0.4) is 0 Å². The number of carbonyl (C=O) groups is 1. The van der Waals surface area contributed by atoms with Crippen LogP contribution in [0.4, 0.5) is 11.6 Å². The van der Waals surface area contributed by atoms with E-state index in [0.29, 0.717) is 11.6 Å². The molecule has 5 rings (SSSR count). The summed E-state index contributed by atoms with van der Waals surface area (Å²) >= 11 is 0. The molecule has 0 aliphatic carbocycles. The lowest BCUT2D eigenvalue weighted by Crippen LogP contribution is -2.39. The van der Waals surface area contributed by atoms with Gasteiger partial charge < -0.3 is 10.2 Å². The summed E-state index contributed by atoms with van der Waals surface area (Å²) in [6.45, 7) is 1.51. The highest BCUT2D eigenvalue weighted by Gasteiger charge is 2.26. The average Bonchev–Trinajstić information content (AvgIpc) is 3.36. The van der Waals surface area contributed by atoms with Crippen LogP contribution >= 0.6 is 0 Å². The molecule has 3 heterocycles. The van der Waals surface area contributed by atoms with Crippen LogP contribution in [-0.2, 0) is 4.79 Å². The minimum Gasteiger partial charge on any atom is -0.341 e. The number of amides is 1. The average molecular weight is 425 g/mol. The Labute approximate surface area is 185 Å². The van der Waals surface area contributed by atoms with Gasteiger partial charge in [0.25, 0.3) is 0 Å². The minimum absolute atomic E-state index is 0.0221. The first kappa shape index (κ1) is 19.9. The predicted molar refractivity (Wildman–Crippen MR) is 123 cm³/mol. The molecular formula is C24H23N7O. The Bertz CT molecular complexity index is 1190. The molecule has 1 aliphatic rings. The number of para-hydroxylation sites is 1. The van der Waals surface area contributed by atoms with Gasteiger partial charge in [-0.1, -0.05) is 42.5 Å². The smallest absolute Gasteiger partial charge is 0.227 e. The molecule has 0 spiro atoms. The molecule has 8 nitrogen and oxygen atoms in total. The van der Waals surface area contributed by atoms with Crippen LogP contribution < -0.4 is 10.2 Å². The van der Waals surface area contributed by atoms with Gasteiger partial charge in [0.2, 0.25) is 11.9 Å². The topological polar surface area (TPSA) is 99.7 Å². The van der Waals surface area contributed by atoms with Gasteiger partial charge in [-0.15, -0.1) is 0 Å². The molecule has 4 aromatic rings. The van der Waals surface area contributed by atoms with Crippen LogP contribution in [0.2, 0.25) is 0 Å². The summed E-state index contributed by atoms with van der Waals surface area (Å²) in [5.41, 5.74) is 2.47. The van der Waals surface area contributed by atoms with Crippen molar-refractivity contribution in [3.63, 3.8) is 0 Å². The molecule has 2 aromatic heterocycles. The van der Waals surface area contributed by atoms with E-state index >= 15 is 0 Å². The van der Waals surface area contributed by atoms with Crippen molar-refractivity contribution in [3.8, 4) is 22.8 Å². The molecule has 0 saturated carbocycles. The van der Waals surface area contributed by atoms with Crippen molar-refractivity contribution in [2.24, 2.45) is 5.92 Å². The number of nitrogens with one attached hydrogen (secondary N) is 2. The number of benzene rings is 2. The van der Waals surface area contributed by atoms with Gasteiger partial charge in [-0.05, 0) is 31.0 Å². The van der Waals surface area contributed by atoms with Crippen LogP contribution in [0, 0.1) is 5.92 Å². The third-order valence-corrected chi connectivity index (χ3v) is 5.66. The highest BCUT2D eigenvalue weighted by Crippen LogP contribution is 2.28. The summed E-state index contributed by atoms with van der Waals surface area (Å²) < 4.78 is 0. The SMILES string of the molecule is O=C(Nc1ccccc1-c1nc(-c2ccccc2)n[nH]1)C1CCN(c2ncccn2)CC1. The van der Waals surface area contributed by atoms with Crippen molar-refractivity contribution < 1.29 is 4.79 Å². The van der Waals surface area contributed by atoms with Crippen molar-refractivity contribution in [2.45, 2.75) is 12.8 Å². The van der Waals surface area contributed by atoms with Crippen molar-refractivity contribution in [1.82, 2.24) is 25.1 Å². The lowest BCUT2D eigenvalue weighted by molar-refractivity contribution is -0.120. The zero-order valence-electron chi connectivity index (χ0n) is 17.5. The van der Waals surface area contributed by atoms with Crippen LogP contribution in [0.15, 0.2) is 73.1 Å². The Morgan fingerprint density at radius 3 is 2.44 bits per heavy atom. The van der Waals surface area contributed by atoms with Crippen LogP contribution in [-0.4, -0.2) is 44.1 Å². The third-order valence-electron chi connectivity index (χ3n) is 5.66. The van der Waals surface area contributed by atoms with Gasteiger partial charge >= 0.3 is 0 Å². The number of hydrogen-bond acceptors (Lipinski definition) is 6. The molecule has 32 heavy (non-hydrogen) atoms. The number of piperidine rings is 1. The van der Waals surface area contributed by atoms with Gasteiger partial charge in [0.1, 0.15) is 0 Å². The van der Waals surface area contributed by atoms with E-state index in [-0.39, 0.29) is 11.8 Å². The molecule has 2 N–H and O–H groups in total. The normalized spacial score (nSPS) is 14.3. The molecule has 1 saturated heterocycles. The van der Waals surface area contributed by atoms with Gasteiger partial charge in [0.15, 0.2) is 11.6 Å². The van der Waals surface area contributed by atoms with Crippen molar-refractivity contribution in [2.75, 3.05) is 23.3 Å². The van der Waals surface area contributed by atoms with Crippen molar-refractivity contribution in [3.05, 3.63) is 73.1 Å². The van der Waals surface area contributed by atoms with Gasteiger partial charge in [-0.3, -0.25) is 9.89 Å². The van der Waals surface area contributed by atoms with E-state index < -0.39 is 0 Å². The molecule has 0 bridgehead atoms. The fourth-order valence-corrected chi connectivity index (χ4v) is 3.93. The molecule has 0 radical (unpaired) electrons. The summed E-state index contributed by atoms with van der Waals surface area (Å²) in [6.07, 6.45) is 4.99. The molecule has 8 heteroatoms. The molecule has 0 unspecified atom stereocenters. The highest BCUT2D eigenvalue weighted by molar-refractivity contribution is 5.96. The molecule has 1 fully saturated rings. The molecule has 1 amide bonds. The van der Waals surface area contributed by atoms with E-state index in [1.165, 1.54) is 0 Å². The van der Waals surface area contributed by atoms with E-state index in [9.17, 15) is 4.79 Å². The number of aromatic nitrogens is 5. The molecule has 0 atom stereocenters. The minimum atomic E-state index is -0.0578. The van der Waals surface area contributed by atoms with Crippen LogP contribution in [0.25, 0.3) is 22.8 Å². The number of hydrogen-bond donors (Lipinski definition) is 2. The second kappa shape index (κ2) is 8.97. The molecular weight excluding hydrogens is 402 g/mol. The van der Waals surface area contributed by atoms with Gasteiger partial charge in [-0.25, -0.2) is 15.0 Å². The Morgan fingerprint density at radius 1 is 0.938 bits per heavy atom. The standard InChI is InChI=1S/C24H23N7O/c32-23(18-11-15-31(16-12-18)24-25-13-6-14-26-24)27-20-10-5-4-9-19(20)22-28-21(29-30-22)17-7-2-1-3-8-17/h1-10,13-14,18H,11-12,15-16H2,(H,27,32)(H,28,29,30). The Morgan fingerprint density at radius 2 is 1.66 bits per heavy atom. The fraction of sp³-hybridized carbons (Fsp3) is 0.208. The van der Waals surface area contributed by atoms with E-state index in [1.54, 1.807) is 18.5 Å². The maximum Gasteiger partial charge on any atom is 0.227 e. The van der Waals surface area contributed by atoms with Gasteiger partial charge in [0.05, 0.1) is 5.69 Å². The Kier molecular flexibility index (Phi) is 5.57. The number of rotatable bonds is 5. The first-order valence-corrected chi connectivity index (χ1v) is 10.7. The first-order chi connectivity index (χ1) is 15.8. The van der Waals surface area contributed by atoms with E-state index in [0.717, 1.165) is 48.7 Å². The summed E-state index contributed by atoms with van der Waals surface area (Å²) in [7, 11) is 0. The van der Waals surface area contributed by atoms with Crippen LogP contribution in [0.1, 0.15) is 12.8 Å². The van der Waals surface area contributed by atoms with Crippen LogP contribution in [0.5, 0.6) is 0 Å². The van der Waals surface area contributed by atoms with Gasteiger partial charge in [-0.2, -0.15) is 5.10 Å². The number of nitrogens with zero attached hydrogens (tertiary/aromatic N) is 5. The maximum absolute atomic E-state index is 13.0. The first-order valence-electron chi connectivity index (χ1n) is 10.7. The molecule has 1 aliphatic heterocycles. The molecule has 160 valence electrons. The summed E-state index contributed by atoms with van der Waals surface area (Å²) in [4.78, 5) is 28.4. The summed E-state index contributed by atoms with van der Waals surface area (Å²) in [5.74, 6) is 1.93. The van der Waals surface area contributed by atoms with Crippen molar-refractivity contribution >= 4 is 17.5 Å². The highest BCUT2D eigenvalue weighted by atomic mass is 16.1. The third kappa shape index (κ3) is 4.20. The Balaban J connectivity index is 1.28. The lowest BCUT2D eigenvalue weighted by atomic mass is 9.96. The number of H-pyrrole nitrogens is 1. The fourth-order valence-electron chi connectivity index (χ4n) is 3.93. The molecule has 2 aromatic carbocycles.